The lowest BCUT2D eigenvalue weighted by molar-refractivity contribution is -0.123. The number of carbonyl (C=O) groups is 1. The summed E-state index contributed by atoms with van der Waals surface area (Å²) >= 11 is 0. The maximum Gasteiger partial charge on any atom is 0.228 e. The Hall–Kier alpha value is -1.43. The molecule has 5 heteroatoms. The Morgan fingerprint density at radius 2 is 2.00 bits per heavy atom. The van der Waals surface area contributed by atoms with Crippen LogP contribution in [0.2, 0.25) is 0 Å². The molecule has 112 valence electrons. The molecule has 0 aliphatic heterocycles. The van der Waals surface area contributed by atoms with Crippen molar-refractivity contribution < 1.29 is 9.90 Å². The Balaban J connectivity index is 2.61. The van der Waals surface area contributed by atoms with Crippen LogP contribution in [-0.2, 0) is 4.79 Å². The lowest BCUT2D eigenvalue weighted by Crippen LogP contribution is -2.48. The van der Waals surface area contributed by atoms with Crippen molar-refractivity contribution in [2.75, 3.05) is 33.7 Å². The van der Waals surface area contributed by atoms with E-state index in [4.69, 9.17) is 5.73 Å². The zero-order valence-corrected chi connectivity index (χ0v) is 12.5. The van der Waals surface area contributed by atoms with Gasteiger partial charge >= 0.3 is 0 Å². The first-order valence-corrected chi connectivity index (χ1v) is 6.75. The van der Waals surface area contributed by atoms with Crippen LogP contribution in [0, 0.1) is 0 Å². The van der Waals surface area contributed by atoms with E-state index in [0.717, 1.165) is 5.56 Å². The van der Waals surface area contributed by atoms with Gasteiger partial charge in [-0.15, -0.1) is 0 Å². The zero-order chi connectivity index (χ0) is 15.2. The number of nitrogens with zero attached hydrogens (tertiary/aromatic N) is 1. The van der Waals surface area contributed by atoms with E-state index >= 15 is 0 Å². The highest BCUT2D eigenvalue weighted by atomic mass is 16.3. The monoisotopic (exact) mass is 279 g/mol. The van der Waals surface area contributed by atoms with Crippen LogP contribution >= 0.6 is 0 Å². The third kappa shape index (κ3) is 5.28. The first-order valence-electron chi connectivity index (χ1n) is 6.75. The maximum absolute atomic E-state index is 12.2. The fourth-order valence-electron chi connectivity index (χ4n) is 2.22. The van der Waals surface area contributed by atoms with Crippen LogP contribution in [0.5, 0.6) is 0 Å². The summed E-state index contributed by atoms with van der Waals surface area (Å²) in [6, 6.07) is 9.43. The molecular formula is C15H25N3O2. The first-order chi connectivity index (χ1) is 9.35. The van der Waals surface area contributed by atoms with Crippen molar-refractivity contribution in [3.63, 3.8) is 0 Å². The van der Waals surface area contributed by atoms with Gasteiger partial charge in [0.05, 0.1) is 11.5 Å². The van der Waals surface area contributed by atoms with Crippen LogP contribution in [-0.4, -0.2) is 55.2 Å². The second-order valence-electron chi connectivity index (χ2n) is 5.65. The largest absolute Gasteiger partial charge is 0.387 e. The van der Waals surface area contributed by atoms with Crippen LogP contribution in [0.1, 0.15) is 18.4 Å². The number of hydrogen-bond acceptors (Lipinski definition) is 4. The summed E-state index contributed by atoms with van der Waals surface area (Å²) in [4.78, 5) is 14.1. The number of nitrogens with two attached hydrogens (primary N) is 1. The molecule has 0 aromatic heterocycles. The van der Waals surface area contributed by atoms with Gasteiger partial charge in [-0.05, 0) is 26.6 Å². The summed E-state index contributed by atoms with van der Waals surface area (Å²) in [6.07, 6.45) is 0. The van der Waals surface area contributed by atoms with Gasteiger partial charge < -0.3 is 21.1 Å². The number of rotatable bonds is 7. The maximum atomic E-state index is 12.2. The minimum atomic E-state index is -0.963. The molecule has 2 atom stereocenters. The average molecular weight is 279 g/mol. The molecule has 0 radical (unpaired) electrons. The molecule has 1 aromatic rings. The van der Waals surface area contributed by atoms with Crippen LogP contribution in [0.15, 0.2) is 30.3 Å². The van der Waals surface area contributed by atoms with Crippen LogP contribution in [0.3, 0.4) is 0 Å². The molecule has 1 aromatic carbocycles. The third-order valence-electron chi connectivity index (χ3n) is 3.05. The summed E-state index contributed by atoms with van der Waals surface area (Å²) < 4.78 is 0. The number of amides is 1. The van der Waals surface area contributed by atoms with E-state index in [1.54, 1.807) is 6.92 Å². The van der Waals surface area contributed by atoms with Crippen LogP contribution in [0.4, 0.5) is 0 Å². The Bertz CT molecular complexity index is 418. The second kappa shape index (κ2) is 7.38. The molecule has 2 unspecified atom stereocenters. The van der Waals surface area contributed by atoms with E-state index in [0.29, 0.717) is 6.54 Å². The van der Waals surface area contributed by atoms with Gasteiger partial charge in [0.2, 0.25) is 5.91 Å². The molecule has 4 N–H and O–H groups in total. The lowest BCUT2D eigenvalue weighted by Gasteiger charge is -2.28. The summed E-state index contributed by atoms with van der Waals surface area (Å²) in [5.74, 6) is -0.538. The molecule has 1 rings (SSSR count). The van der Waals surface area contributed by atoms with Crippen molar-refractivity contribution in [2.24, 2.45) is 5.73 Å². The van der Waals surface area contributed by atoms with E-state index in [9.17, 15) is 9.90 Å². The highest BCUT2D eigenvalue weighted by Gasteiger charge is 2.25. The highest BCUT2D eigenvalue weighted by Crippen LogP contribution is 2.14. The smallest absolute Gasteiger partial charge is 0.228 e. The van der Waals surface area contributed by atoms with Crippen molar-refractivity contribution in [2.45, 2.75) is 18.4 Å². The van der Waals surface area contributed by atoms with Crippen molar-refractivity contribution in [1.82, 2.24) is 10.2 Å². The Morgan fingerprint density at radius 1 is 1.40 bits per heavy atom. The topological polar surface area (TPSA) is 78.6 Å². The van der Waals surface area contributed by atoms with Gasteiger partial charge in [-0.25, -0.2) is 0 Å². The molecule has 0 saturated heterocycles. The van der Waals surface area contributed by atoms with E-state index < -0.39 is 5.60 Å². The van der Waals surface area contributed by atoms with E-state index in [1.165, 1.54) is 0 Å². The minimum Gasteiger partial charge on any atom is -0.387 e. The van der Waals surface area contributed by atoms with E-state index in [2.05, 4.69) is 5.32 Å². The van der Waals surface area contributed by atoms with Gasteiger partial charge in [0.25, 0.3) is 0 Å². The summed E-state index contributed by atoms with van der Waals surface area (Å²) in [5.41, 5.74) is 5.62. The SMILES string of the molecule is CN(C)CC(C)(O)CNC(=O)C(CN)c1ccccc1. The fourth-order valence-corrected chi connectivity index (χ4v) is 2.22. The van der Waals surface area contributed by atoms with Crippen molar-refractivity contribution in [1.29, 1.82) is 0 Å². The molecule has 0 spiro atoms. The lowest BCUT2D eigenvalue weighted by atomic mass is 9.98. The molecule has 0 aliphatic rings. The number of aliphatic hydroxyl groups is 1. The first kappa shape index (κ1) is 16.6. The average Bonchev–Trinajstić information content (AvgIpc) is 2.37. The van der Waals surface area contributed by atoms with Crippen molar-refractivity contribution in [3.05, 3.63) is 35.9 Å². The molecule has 0 bridgehead atoms. The predicted molar refractivity (Wildman–Crippen MR) is 80.4 cm³/mol. The van der Waals surface area contributed by atoms with Gasteiger partial charge in [0.1, 0.15) is 0 Å². The summed E-state index contributed by atoms with van der Waals surface area (Å²) in [7, 11) is 3.76. The molecule has 5 nitrogen and oxygen atoms in total. The Kier molecular flexibility index (Phi) is 6.13. The van der Waals surface area contributed by atoms with E-state index in [1.807, 2.05) is 49.3 Å². The van der Waals surface area contributed by atoms with Crippen molar-refractivity contribution in [3.8, 4) is 0 Å². The standard InChI is InChI=1S/C15H25N3O2/c1-15(20,11-18(2)3)10-17-14(19)13(9-16)12-7-5-4-6-8-12/h4-8,13,20H,9-11,16H2,1-3H3,(H,17,19). The number of likely N-dealkylation sites (N-methyl/N-ethyl adjacent to an activating group) is 1. The van der Waals surface area contributed by atoms with Crippen molar-refractivity contribution >= 4 is 5.91 Å². The molecule has 0 saturated carbocycles. The number of nitrogens with one attached hydrogen (secondary N) is 1. The number of benzene rings is 1. The third-order valence-corrected chi connectivity index (χ3v) is 3.05. The molecular weight excluding hydrogens is 254 g/mol. The predicted octanol–water partition coefficient (Wildman–Crippen LogP) is 0.158. The van der Waals surface area contributed by atoms with Gasteiger partial charge in [-0.1, -0.05) is 30.3 Å². The second-order valence-corrected chi connectivity index (χ2v) is 5.65. The number of hydrogen-bond donors (Lipinski definition) is 3. The quantitative estimate of drug-likeness (QED) is 0.664. The van der Waals surface area contributed by atoms with Crippen LogP contribution < -0.4 is 11.1 Å². The molecule has 1 amide bonds. The summed E-state index contributed by atoms with van der Waals surface area (Å²) in [6.45, 7) is 2.62. The Labute approximate surface area is 120 Å². The zero-order valence-electron chi connectivity index (χ0n) is 12.5. The highest BCUT2D eigenvalue weighted by molar-refractivity contribution is 5.83. The van der Waals surface area contributed by atoms with Gasteiger partial charge in [-0.3, -0.25) is 4.79 Å². The fraction of sp³-hybridized carbons (Fsp3) is 0.533. The van der Waals surface area contributed by atoms with Gasteiger partial charge in [-0.2, -0.15) is 0 Å². The minimum absolute atomic E-state index is 0.155. The van der Waals surface area contributed by atoms with Crippen LogP contribution in [0.25, 0.3) is 0 Å². The Morgan fingerprint density at radius 3 is 2.50 bits per heavy atom. The van der Waals surface area contributed by atoms with E-state index in [-0.39, 0.29) is 24.9 Å². The van der Waals surface area contributed by atoms with Gasteiger partial charge in [0, 0.05) is 19.6 Å². The molecule has 20 heavy (non-hydrogen) atoms. The molecule has 0 heterocycles. The summed E-state index contributed by atoms with van der Waals surface area (Å²) in [5, 5.41) is 13.0. The molecule has 0 fully saturated rings. The number of carbonyl (C=O) groups excluding carboxylic acids is 1. The normalized spacial score (nSPS) is 15.7. The molecule has 0 aliphatic carbocycles. The van der Waals surface area contributed by atoms with Gasteiger partial charge in [0.15, 0.2) is 0 Å².